The van der Waals surface area contributed by atoms with Crippen molar-refractivity contribution in [3.63, 3.8) is 0 Å². The van der Waals surface area contributed by atoms with Gasteiger partial charge in [-0.3, -0.25) is 4.79 Å². The molecule has 2 fully saturated rings. The maximum Gasteiger partial charge on any atom is 0.238 e. The van der Waals surface area contributed by atoms with E-state index < -0.39 is 10.0 Å². The van der Waals surface area contributed by atoms with Crippen molar-refractivity contribution in [2.24, 2.45) is 0 Å². The second-order valence-electron chi connectivity index (χ2n) is 7.41. The van der Waals surface area contributed by atoms with Crippen LogP contribution in [0.1, 0.15) is 0 Å². The number of amides is 1. The second kappa shape index (κ2) is 8.58. The average molecular weight is 412 g/mol. The molecule has 2 aliphatic rings. The van der Waals surface area contributed by atoms with Gasteiger partial charge in [-0.25, -0.2) is 18.4 Å². The van der Waals surface area contributed by atoms with Crippen LogP contribution in [-0.4, -0.2) is 118 Å². The van der Waals surface area contributed by atoms with Crippen LogP contribution in [0.5, 0.6) is 0 Å². The number of hydrogen-bond donors (Lipinski definition) is 0. The first-order valence-corrected chi connectivity index (χ1v) is 11.3. The number of anilines is 2. The molecule has 0 unspecified atom stereocenters. The Balaban J connectivity index is 1.56. The summed E-state index contributed by atoms with van der Waals surface area (Å²) in [7, 11) is 0.185. The van der Waals surface area contributed by atoms with Crippen LogP contribution < -0.4 is 9.80 Å². The van der Waals surface area contributed by atoms with Crippen molar-refractivity contribution in [3.8, 4) is 0 Å². The summed E-state index contributed by atoms with van der Waals surface area (Å²) < 4.78 is 24.1. The van der Waals surface area contributed by atoms with Crippen molar-refractivity contribution in [2.75, 3.05) is 89.1 Å². The largest absolute Gasteiger partial charge is 0.354 e. The van der Waals surface area contributed by atoms with Gasteiger partial charge in [0.25, 0.3) is 0 Å². The molecular weight excluding hydrogens is 382 g/mol. The monoisotopic (exact) mass is 411 g/mol. The van der Waals surface area contributed by atoms with Crippen LogP contribution in [-0.2, 0) is 14.8 Å². The van der Waals surface area contributed by atoms with Crippen molar-refractivity contribution in [2.45, 2.75) is 0 Å². The zero-order valence-electron chi connectivity index (χ0n) is 16.8. The van der Waals surface area contributed by atoms with E-state index in [-0.39, 0.29) is 12.5 Å². The third-order valence-corrected chi connectivity index (χ3v) is 6.61. The van der Waals surface area contributed by atoms with Crippen molar-refractivity contribution >= 4 is 27.6 Å². The minimum absolute atomic E-state index is 0.125. The minimum Gasteiger partial charge on any atom is -0.354 e. The summed E-state index contributed by atoms with van der Waals surface area (Å²) in [5.74, 6) is 1.63. The Morgan fingerprint density at radius 1 is 1.00 bits per heavy atom. The molecule has 0 spiro atoms. The number of sulfonamides is 1. The topological polar surface area (TPSA) is 93.2 Å². The summed E-state index contributed by atoms with van der Waals surface area (Å²) in [5, 5.41) is 0. The number of aromatic nitrogens is 2. The predicted octanol–water partition coefficient (Wildman–Crippen LogP) is -1.23. The molecule has 11 heteroatoms. The van der Waals surface area contributed by atoms with E-state index in [9.17, 15) is 13.2 Å². The van der Waals surface area contributed by atoms with E-state index in [1.54, 1.807) is 11.2 Å². The molecule has 156 valence electrons. The Morgan fingerprint density at radius 3 is 2.00 bits per heavy atom. The maximum absolute atomic E-state index is 12.4. The van der Waals surface area contributed by atoms with E-state index in [1.165, 1.54) is 7.05 Å². The molecule has 0 N–H and O–H groups in total. The smallest absolute Gasteiger partial charge is 0.238 e. The normalized spacial score (nSPS) is 19.4. The molecule has 1 aromatic rings. The predicted molar refractivity (Wildman–Crippen MR) is 108 cm³/mol. The zero-order chi connectivity index (χ0) is 20.3. The van der Waals surface area contributed by atoms with Crippen molar-refractivity contribution in [1.29, 1.82) is 0 Å². The lowest BCUT2D eigenvalue weighted by Gasteiger charge is -2.37. The Morgan fingerprint density at radius 2 is 1.50 bits per heavy atom. The van der Waals surface area contributed by atoms with Crippen molar-refractivity contribution < 1.29 is 13.2 Å². The van der Waals surface area contributed by atoms with Crippen LogP contribution in [0.4, 0.5) is 11.6 Å². The molecule has 0 atom stereocenters. The van der Waals surface area contributed by atoms with E-state index in [0.29, 0.717) is 26.2 Å². The summed E-state index contributed by atoms with van der Waals surface area (Å²) in [6.07, 6.45) is 2.70. The van der Waals surface area contributed by atoms with Gasteiger partial charge in [0.05, 0.1) is 12.8 Å². The zero-order valence-corrected chi connectivity index (χ0v) is 17.6. The van der Waals surface area contributed by atoms with E-state index in [0.717, 1.165) is 48.4 Å². The fraction of sp³-hybridized carbons (Fsp3) is 0.706. The second-order valence-corrected chi connectivity index (χ2v) is 9.50. The summed E-state index contributed by atoms with van der Waals surface area (Å²) in [6.45, 7) is 6.21. The van der Waals surface area contributed by atoms with E-state index in [1.807, 2.05) is 6.07 Å². The SMILES string of the molecule is CN1CCN(c2cc(N3CCN(C(=O)CN(C)S(C)(=O)=O)CC3)ncn2)CC1. The third-order valence-electron chi connectivity index (χ3n) is 5.35. The Labute approximate surface area is 166 Å². The molecule has 2 aliphatic heterocycles. The highest BCUT2D eigenvalue weighted by molar-refractivity contribution is 7.88. The minimum atomic E-state index is -3.36. The van der Waals surface area contributed by atoms with Gasteiger partial charge in [0, 0.05) is 65.5 Å². The van der Waals surface area contributed by atoms with E-state index in [4.69, 9.17) is 0 Å². The molecule has 0 bridgehead atoms. The highest BCUT2D eigenvalue weighted by Crippen LogP contribution is 2.20. The fourth-order valence-electron chi connectivity index (χ4n) is 3.31. The average Bonchev–Trinajstić information content (AvgIpc) is 2.68. The van der Waals surface area contributed by atoms with Crippen LogP contribution >= 0.6 is 0 Å². The van der Waals surface area contributed by atoms with Crippen LogP contribution in [0.15, 0.2) is 12.4 Å². The maximum atomic E-state index is 12.4. The summed E-state index contributed by atoms with van der Waals surface area (Å²) in [4.78, 5) is 29.6. The van der Waals surface area contributed by atoms with Crippen LogP contribution in [0.25, 0.3) is 0 Å². The highest BCUT2D eigenvalue weighted by Gasteiger charge is 2.25. The first-order chi connectivity index (χ1) is 13.2. The van der Waals surface area contributed by atoms with Gasteiger partial charge in [-0.15, -0.1) is 0 Å². The van der Waals surface area contributed by atoms with Gasteiger partial charge in [-0.2, -0.15) is 4.31 Å². The lowest BCUT2D eigenvalue weighted by molar-refractivity contribution is -0.131. The van der Waals surface area contributed by atoms with Crippen molar-refractivity contribution in [1.82, 2.24) is 24.1 Å². The Bertz CT molecular complexity index is 788. The summed E-state index contributed by atoms with van der Waals surface area (Å²) >= 11 is 0. The molecule has 0 saturated carbocycles. The standard InChI is InChI=1S/C17H29N7O3S/c1-20-4-6-22(7-5-20)15-12-16(19-14-18-15)23-8-10-24(11-9-23)17(25)13-21(2)28(3,26)27/h12,14H,4-11,13H2,1-3H3. The van der Waals surface area contributed by atoms with Gasteiger partial charge >= 0.3 is 0 Å². The summed E-state index contributed by atoms with van der Waals surface area (Å²) in [6, 6.07) is 2.01. The molecule has 0 aliphatic carbocycles. The number of hydrogen-bond acceptors (Lipinski definition) is 8. The molecule has 2 saturated heterocycles. The van der Waals surface area contributed by atoms with Gasteiger partial charge in [-0.05, 0) is 7.05 Å². The Hall–Kier alpha value is -1.98. The van der Waals surface area contributed by atoms with E-state index in [2.05, 4.69) is 31.7 Å². The Kier molecular flexibility index (Phi) is 6.36. The number of nitrogens with zero attached hydrogens (tertiary/aromatic N) is 7. The molecule has 28 heavy (non-hydrogen) atoms. The van der Waals surface area contributed by atoms with Gasteiger partial charge in [0.15, 0.2) is 0 Å². The third kappa shape index (κ3) is 5.09. The van der Waals surface area contributed by atoms with Gasteiger partial charge in [0.1, 0.15) is 18.0 Å². The van der Waals surface area contributed by atoms with Gasteiger partial charge < -0.3 is 19.6 Å². The first kappa shape index (κ1) is 20.7. The lowest BCUT2D eigenvalue weighted by Crippen LogP contribution is -2.51. The van der Waals surface area contributed by atoms with Gasteiger partial charge in [-0.1, -0.05) is 0 Å². The van der Waals surface area contributed by atoms with Crippen LogP contribution in [0, 0.1) is 0 Å². The number of carbonyl (C=O) groups is 1. The molecule has 0 aromatic carbocycles. The van der Waals surface area contributed by atoms with Crippen LogP contribution in [0.3, 0.4) is 0 Å². The highest BCUT2D eigenvalue weighted by atomic mass is 32.2. The molecule has 1 amide bonds. The molecule has 0 radical (unpaired) electrons. The first-order valence-electron chi connectivity index (χ1n) is 9.43. The van der Waals surface area contributed by atoms with Crippen molar-refractivity contribution in [3.05, 3.63) is 12.4 Å². The number of piperazine rings is 2. The number of rotatable bonds is 5. The quantitative estimate of drug-likeness (QED) is 0.595. The van der Waals surface area contributed by atoms with Crippen LogP contribution in [0.2, 0.25) is 0 Å². The molecule has 1 aromatic heterocycles. The molecule has 3 heterocycles. The number of likely N-dealkylation sites (N-methyl/N-ethyl adjacent to an activating group) is 2. The van der Waals surface area contributed by atoms with Gasteiger partial charge in [0.2, 0.25) is 15.9 Å². The fourth-order valence-corrected chi connectivity index (χ4v) is 3.66. The molecule has 3 rings (SSSR count). The number of carbonyl (C=O) groups excluding carboxylic acids is 1. The molecule has 10 nitrogen and oxygen atoms in total. The van der Waals surface area contributed by atoms with E-state index >= 15 is 0 Å². The summed E-state index contributed by atoms with van der Waals surface area (Å²) in [5.41, 5.74) is 0. The lowest BCUT2D eigenvalue weighted by atomic mass is 10.3. The molecular formula is C17H29N7O3S.